The molecule has 1 heterocycles. The van der Waals surface area contributed by atoms with Crippen molar-refractivity contribution in [1.29, 1.82) is 0 Å². The fourth-order valence-corrected chi connectivity index (χ4v) is 4.72. The molecule has 124 valence electrons. The van der Waals surface area contributed by atoms with Gasteiger partial charge in [0.1, 0.15) is 0 Å². The van der Waals surface area contributed by atoms with Gasteiger partial charge in [-0.2, -0.15) is 4.31 Å². The van der Waals surface area contributed by atoms with Gasteiger partial charge in [-0.15, -0.1) is 12.4 Å². The summed E-state index contributed by atoms with van der Waals surface area (Å²) in [5, 5.41) is 0. The number of hydrogen-bond donors (Lipinski definition) is 1. The van der Waals surface area contributed by atoms with E-state index in [0.717, 1.165) is 0 Å². The lowest BCUT2D eigenvalue weighted by Gasteiger charge is -2.29. The number of nitrogens with two attached hydrogens (primary N) is 1. The molecule has 1 aliphatic heterocycles. The molecule has 2 N–H and O–H groups in total. The highest BCUT2D eigenvalue weighted by molar-refractivity contribution is 9.10. The van der Waals surface area contributed by atoms with Crippen molar-refractivity contribution in [3.05, 3.63) is 28.2 Å². The fourth-order valence-electron chi connectivity index (χ4n) is 2.21. The molecule has 9 heteroatoms. The van der Waals surface area contributed by atoms with Crippen LogP contribution in [0.1, 0.15) is 23.2 Å². The number of nitrogens with zero attached hydrogens (tertiary/aromatic N) is 1. The summed E-state index contributed by atoms with van der Waals surface area (Å²) in [7, 11) is -2.31. The van der Waals surface area contributed by atoms with Gasteiger partial charge in [0.2, 0.25) is 10.0 Å². The lowest BCUT2D eigenvalue weighted by Crippen LogP contribution is -2.42. The Bertz CT molecular complexity index is 645. The predicted octanol–water partition coefficient (Wildman–Crippen LogP) is 1.77. The minimum absolute atomic E-state index is 0. The maximum absolute atomic E-state index is 12.6. The van der Waals surface area contributed by atoms with Gasteiger partial charge >= 0.3 is 5.97 Å². The van der Waals surface area contributed by atoms with Crippen LogP contribution in [0.3, 0.4) is 0 Å². The lowest BCUT2D eigenvalue weighted by atomic mass is 10.1. The number of halogens is 2. The second-order valence-electron chi connectivity index (χ2n) is 4.88. The molecule has 0 saturated carbocycles. The van der Waals surface area contributed by atoms with Gasteiger partial charge in [0.25, 0.3) is 0 Å². The summed E-state index contributed by atoms with van der Waals surface area (Å²) in [6.45, 7) is 0.823. The third-order valence-electron chi connectivity index (χ3n) is 3.47. The molecular formula is C13H18BrClN2O4S. The summed E-state index contributed by atoms with van der Waals surface area (Å²) in [5.41, 5.74) is 6.09. The minimum atomic E-state index is -3.59. The van der Waals surface area contributed by atoms with Crippen LogP contribution in [0.25, 0.3) is 0 Å². The molecule has 0 radical (unpaired) electrons. The van der Waals surface area contributed by atoms with E-state index in [9.17, 15) is 13.2 Å². The molecule has 0 atom stereocenters. The van der Waals surface area contributed by atoms with Crippen LogP contribution >= 0.6 is 28.3 Å². The normalized spacial score (nSPS) is 16.9. The Morgan fingerprint density at radius 1 is 1.36 bits per heavy atom. The molecule has 22 heavy (non-hydrogen) atoms. The zero-order valence-electron chi connectivity index (χ0n) is 12.0. The average Bonchev–Trinajstić information content (AvgIpc) is 2.46. The summed E-state index contributed by atoms with van der Waals surface area (Å²) >= 11 is 3.22. The van der Waals surface area contributed by atoms with Gasteiger partial charge in [0, 0.05) is 23.6 Å². The van der Waals surface area contributed by atoms with Crippen molar-refractivity contribution in [3.8, 4) is 0 Å². The van der Waals surface area contributed by atoms with E-state index in [1.165, 1.54) is 29.6 Å². The molecule has 6 nitrogen and oxygen atoms in total. The molecule has 1 fully saturated rings. The molecule has 0 spiro atoms. The summed E-state index contributed by atoms with van der Waals surface area (Å²) < 4.78 is 31.6. The zero-order chi connectivity index (χ0) is 15.6. The molecular weight excluding hydrogens is 396 g/mol. The van der Waals surface area contributed by atoms with Crippen molar-refractivity contribution in [2.24, 2.45) is 5.73 Å². The first-order valence-electron chi connectivity index (χ1n) is 6.50. The predicted molar refractivity (Wildman–Crippen MR) is 88.7 cm³/mol. The van der Waals surface area contributed by atoms with Crippen molar-refractivity contribution in [1.82, 2.24) is 4.31 Å². The first-order valence-corrected chi connectivity index (χ1v) is 8.73. The number of sulfonamides is 1. The highest BCUT2D eigenvalue weighted by atomic mass is 79.9. The molecule has 0 unspecified atom stereocenters. The van der Waals surface area contributed by atoms with Crippen LogP contribution in [-0.2, 0) is 14.8 Å². The van der Waals surface area contributed by atoms with Crippen LogP contribution < -0.4 is 5.73 Å². The summed E-state index contributed by atoms with van der Waals surface area (Å²) in [4.78, 5) is 11.6. The lowest BCUT2D eigenvalue weighted by molar-refractivity contribution is 0.0600. The monoisotopic (exact) mass is 412 g/mol. The number of benzene rings is 1. The average molecular weight is 414 g/mol. The quantitative estimate of drug-likeness (QED) is 0.763. The van der Waals surface area contributed by atoms with Crippen LogP contribution in [0.4, 0.5) is 0 Å². The Kier molecular flexibility index (Phi) is 6.82. The van der Waals surface area contributed by atoms with Crippen LogP contribution in [0, 0.1) is 0 Å². The van der Waals surface area contributed by atoms with Gasteiger partial charge in [-0.1, -0.05) is 0 Å². The van der Waals surface area contributed by atoms with Crippen LogP contribution in [-0.4, -0.2) is 44.9 Å². The number of piperidine rings is 1. The molecule has 1 aromatic rings. The summed E-state index contributed by atoms with van der Waals surface area (Å²) in [6, 6.07) is 4.37. The van der Waals surface area contributed by atoms with Crippen molar-refractivity contribution < 1.29 is 17.9 Å². The van der Waals surface area contributed by atoms with Crippen molar-refractivity contribution in [3.63, 3.8) is 0 Å². The molecule has 0 amide bonds. The third kappa shape index (κ3) is 3.99. The second-order valence-corrected chi connectivity index (χ2v) is 7.64. The highest BCUT2D eigenvalue weighted by Gasteiger charge is 2.30. The van der Waals surface area contributed by atoms with Gasteiger partial charge in [-0.05, 0) is 47.0 Å². The Labute approximate surface area is 144 Å². The van der Waals surface area contributed by atoms with Gasteiger partial charge in [-0.25, -0.2) is 13.2 Å². The number of esters is 1. The van der Waals surface area contributed by atoms with Gasteiger partial charge in [-0.3, -0.25) is 0 Å². The molecule has 1 aromatic carbocycles. The van der Waals surface area contributed by atoms with Gasteiger partial charge in [0.15, 0.2) is 0 Å². The van der Waals surface area contributed by atoms with E-state index in [1.807, 2.05) is 0 Å². The van der Waals surface area contributed by atoms with E-state index < -0.39 is 16.0 Å². The number of carbonyl (C=O) groups is 1. The highest BCUT2D eigenvalue weighted by Crippen LogP contribution is 2.28. The molecule has 1 saturated heterocycles. The van der Waals surface area contributed by atoms with Crippen molar-refractivity contribution in [2.75, 3.05) is 20.2 Å². The maximum atomic E-state index is 12.6. The maximum Gasteiger partial charge on any atom is 0.337 e. The smallest absolute Gasteiger partial charge is 0.337 e. The topological polar surface area (TPSA) is 89.7 Å². The number of carbonyl (C=O) groups excluding carboxylic acids is 1. The van der Waals surface area contributed by atoms with E-state index in [1.54, 1.807) is 0 Å². The summed E-state index contributed by atoms with van der Waals surface area (Å²) in [5.74, 6) is -0.511. The van der Waals surface area contributed by atoms with Crippen LogP contribution in [0.2, 0.25) is 0 Å². The van der Waals surface area contributed by atoms with E-state index in [0.29, 0.717) is 36.0 Å². The largest absolute Gasteiger partial charge is 0.465 e. The summed E-state index contributed by atoms with van der Waals surface area (Å²) in [6.07, 6.45) is 1.30. The van der Waals surface area contributed by atoms with Crippen LogP contribution in [0.5, 0.6) is 0 Å². The second kappa shape index (κ2) is 7.74. The Balaban J connectivity index is 0.00000242. The first-order chi connectivity index (χ1) is 9.86. The Morgan fingerprint density at radius 3 is 2.45 bits per heavy atom. The molecule has 0 aliphatic carbocycles. The standard InChI is InChI=1S/C13H17BrN2O4S.ClH/c1-20-13(17)9-2-3-12(11(14)8-9)21(18,19)16-6-4-10(15)5-7-16;/h2-3,8,10H,4-7,15H2,1H3;1H. The van der Waals surface area contributed by atoms with Crippen molar-refractivity contribution >= 4 is 44.3 Å². The van der Waals surface area contributed by atoms with Gasteiger partial charge < -0.3 is 10.5 Å². The van der Waals surface area contributed by atoms with E-state index in [-0.39, 0.29) is 23.3 Å². The Morgan fingerprint density at radius 2 is 1.95 bits per heavy atom. The molecule has 2 rings (SSSR count). The zero-order valence-corrected chi connectivity index (χ0v) is 15.2. The third-order valence-corrected chi connectivity index (χ3v) is 6.34. The molecule has 0 bridgehead atoms. The van der Waals surface area contributed by atoms with E-state index in [4.69, 9.17) is 5.73 Å². The van der Waals surface area contributed by atoms with Crippen LogP contribution in [0.15, 0.2) is 27.6 Å². The SMILES string of the molecule is COC(=O)c1ccc(S(=O)(=O)N2CCC(N)CC2)c(Br)c1.Cl. The molecule has 0 aromatic heterocycles. The molecule has 1 aliphatic rings. The van der Waals surface area contributed by atoms with Gasteiger partial charge in [0.05, 0.1) is 17.6 Å². The number of rotatable bonds is 3. The van der Waals surface area contributed by atoms with Crippen molar-refractivity contribution in [2.45, 2.75) is 23.8 Å². The Hall–Kier alpha value is -0.670. The first kappa shape index (κ1) is 19.4. The number of ether oxygens (including phenoxy) is 1. The van der Waals surface area contributed by atoms with E-state index in [2.05, 4.69) is 20.7 Å². The number of methoxy groups -OCH3 is 1. The minimum Gasteiger partial charge on any atom is -0.465 e. The van der Waals surface area contributed by atoms with E-state index >= 15 is 0 Å². The number of hydrogen-bond acceptors (Lipinski definition) is 5. The fraction of sp³-hybridized carbons (Fsp3) is 0.462.